The molecule has 0 aromatic heterocycles. The number of hydrogen-bond donors (Lipinski definition) is 1. The van der Waals surface area contributed by atoms with Gasteiger partial charge in [0.25, 0.3) is 0 Å². The molecule has 0 radical (unpaired) electrons. The summed E-state index contributed by atoms with van der Waals surface area (Å²) in [6.07, 6.45) is 3.95. The number of rotatable bonds is 9. The molecule has 0 aliphatic heterocycles. The van der Waals surface area contributed by atoms with E-state index in [9.17, 15) is 23.1 Å². The lowest BCUT2D eigenvalue weighted by molar-refractivity contribution is -0.140. The highest BCUT2D eigenvalue weighted by atomic mass is 19.2. The number of benzene rings is 3. The smallest absolute Gasteiger partial charge is 0.314 e. The van der Waals surface area contributed by atoms with Crippen molar-refractivity contribution in [1.29, 1.82) is 0 Å². The van der Waals surface area contributed by atoms with Crippen molar-refractivity contribution >= 4 is 5.97 Å². The molecule has 1 atom stereocenters. The fourth-order valence-electron chi connectivity index (χ4n) is 4.77. The van der Waals surface area contributed by atoms with Crippen LogP contribution in [-0.2, 0) is 4.79 Å². The molecule has 0 amide bonds. The highest BCUT2D eigenvalue weighted by molar-refractivity contribution is 5.76. The van der Waals surface area contributed by atoms with Gasteiger partial charge in [0, 0.05) is 5.56 Å². The Morgan fingerprint density at radius 2 is 1.68 bits per heavy atom. The van der Waals surface area contributed by atoms with E-state index in [0.717, 1.165) is 5.56 Å². The van der Waals surface area contributed by atoms with Crippen LogP contribution in [0.4, 0.5) is 13.2 Å². The molecule has 0 bridgehead atoms. The van der Waals surface area contributed by atoms with Crippen molar-refractivity contribution in [3.05, 3.63) is 95.8 Å². The highest BCUT2D eigenvalue weighted by Gasteiger charge is 2.30. The maximum atomic E-state index is 14.8. The zero-order chi connectivity index (χ0) is 27.2. The number of carbonyl (C=O) groups excluding carboxylic acids is 1. The van der Waals surface area contributed by atoms with E-state index in [1.807, 2.05) is 6.07 Å². The van der Waals surface area contributed by atoms with Crippen LogP contribution in [0.3, 0.4) is 0 Å². The summed E-state index contributed by atoms with van der Waals surface area (Å²) in [7, 11) is 0. The van der Waals surface area contributed by atoms with Gasteiger partial charge < -0.3 is 14.6 Å². The first kappa shape index (κ1) is 27.5. The molecule has 4 nitrogen and oxygen atoms in total. The molecule has 1 fully saturated rings. The van der Waals surface area contributed by atoms with Crippen molar-refractivity contribution in [2.45, 2.75) is 51.0 Å². The Bertz CT molecular complexity index is 1280. The van der Waals surface area contributed by atoms with Gasteiger partial charge in [-0.2, -0.15) is 4.39 Å². The van der Waals surface area contributed by atoms with Crippen LogP contribution in [-0.4, -0.2) is 17.7 Å². The van der Waals surface area contributed by atoms with Crippen molar-refractivity contribution in [3.63, 3.8) is 0 Å². The second-order valence-corrected chi connectivity index (χ2v) is 9.62. The van der Waals surface area contributed by atoms with Gasteiger partial charge in [-0.05, 0) is 85.9 Å². The first-order valence-electron chi connectivity index (χ1n) is 12.8. The zero-order valence-electron chi connectivity index (χ0n) is 21.3. The van der Waals surface area contributed by atoms with Crippen LogP contribution in [0.5, 0.6) is 11.5 Å². The van der Waals surface area contributed by atoms with Crippen molar-refractivity contribution < 1.29 is 32.5 Å². The summed E-state index contributed by atoms with van der Waals surface area (Å²) in [6.45, 7) is 5.59. The first-order valence-corrected chi connectivity index (χ1v) is 12.8. The largest absolute Gasteiger partial charge is 0.490 e. The van der Waals surface area contributed by atoms with Crippen molar-refractivity contribution in [1.82, 2.24) is 0 Å². The summed E-state index contributed by atoms with van der Waals surface area (Å²) in [6, 6.07) is 14.0. The molecule has 1 aliphatic carbocycles. The normalized spacial score (nSPS) is 18.0. The number of aliphatic hydroxyl groups excluding tert-OH is 1. The topological polar surface area (TPSA) is 55.8 Å². The van der Waals surface area contributed by atoms with Crippen LogP contribution in [0.1, 0.15) is 62.2 Å². The van der Waals surface area contributed by atoms with E-state index in [-0.39, 0.29) is 17.2 Å². The summed E-state index contributed by atoms with van der Waals surface area (Å²) in [5.41, 5.74) is 1.97. The van der Waals surface area contributed by atoms with Gasteiger partial charge in [-0.3, -0.25) is 4.79 Å². The SMILES string of the molecule is C=CCCOc1ccc(C2CCC(C(=O)Oc3ccc(-c4ccc(C(C)O)cc4)c(F)c3F)CC2)cc1F. The molecular weight excluding hydrogens is 493 g/mol. The minimum absolute atomic E-state index is 0.0318. The van der Waals surface area contributed by atoms with Gasteiger partial charge in [-0.15, -0.1) is 6.58 Å². The molecule has 1 N–H and O–H groups in total. The lowest BCUT2D eigenvalue weighted by Crippen LogP contribution is -2.25. The fraction of sp³-hybridized carbons (Fsp3) is 0.323. The molecule has 38 heavy (non-hydrogen) atoms. The third-order valence-corrected chi connectivity index (χ3v) is 7.03. The average Bonchev–Trinajstić information content (AvgIpc) is 2.92. The average molecular weight is 525 g/mol. The lowest BCUT2D eigenvalue weighted by atomic mass is 9.78. The van der Waals surface area contributed by atoms with Crippen LogP contribution in [0.2, 0.25) is 0 Å². The lowest BCUT2D eigenvalue weighted by Gasteiger charge is -2.27. The van der Waals surface area contributed by atoms with Crippen molar-refractivity contribution in [2.24, 2.45) is 5.92 Å². The molecule has 4 rings (SSSR count). The van der Waals surface area contributed by atoms with E-state index in [4.69, 9.17) is 9.47 Å². The van der Waals surface area contributed by atoms with Crippen LogP contribution in [0.15, 0.2) is 67.3 Å². The molecule has 200 valence electrons. The van der Waals surface area contributed by atoms with E-state index >= 15 is 0 Å². The van der Waals surface area contributed by atoms with Gasteiger partial charge in [0.15, 0.2) is 23.1 Å². The zero-order valence-corrected chi connectivity index (χ0v) is 21.3. The molecule has 3 aromatic rings. The van der Waals surface area contributed by atoms with Gasteiger partial charge in [-0.1, -0.05) is 36.4 Å². The molecule has 1 unspecified atom stereocenters. The molecule has 1 aliphatic rings. The summed E-state index contributed by atoms with van der Waals surface area (Å²) >= 11 is 0. The van der Waals surface area contributed by atoms with Crippen molar-refractivity contribution in [3.8, 4) is 22.6 Å². The molecule has 0 saturated heterocycles. The number of esters is 1. The summed E-state index contributed by atoms with van der Waals surface area (Å²) in [5.74, 6) is -3.98. The van der Waals surface area contributed by atoms with E-state index in [1.165, 1.54) is 18.2 Å². The van der Waals surface area contributed by atoms with Crippen LogP contribution < -0.4 is 9.47 Å². The van der Waals surface area contributed by atoms with Gasteiger partial charge in [0.1, 0.15) is 0 Å². The number of halogens is 3. The van der Waals surface area contributed by atoms with Crippen LogP contribution in [0.25, 0.3) is 11.1 Å². The maximum absolute atomic E-state index is 14.8. The van der Waals surface area contributed by atoms with Crippen LogP contribution in [0, 0.1) is 23.4 Å². The number of carbonyl (C=O) groups is 1. The summed E-state index contributed by atoms with van der Waals surface area (Å²) in [4.78, 5) is 12.7. The Kier molecular flexibility index (Phi) is 8.89. The molecule has 7 heteroatoms. The van der Waals surface area contributed by atoms with E-state index in [1.54, 1.807) is 43.3 Å². The Morgan fingerprint density at radius 3 is 2.32 bits per heavy atom. The number of ether oxygens (including phenoxy) is 2. The van der Waals surface area contributed by atoms with Gasteiger partial charge >= 0.3 is 5.97 Å². The summed E-state index contributed by atoms with van der Waals surface area (Å²) < 4.78 is 54.7. The molecule has 3 aromatic carbocycles. The number of hydrogen-bond acceptors (Lipinski definition) is 4. The van der Waals surface area contributed by atoms with Gasteiger partial charge in [-0.25, -0.2) is 8.78 Å². The predicted molar refractivity (Wildman–Crippen MR) is 139 cm³/mol. The monoisotopic (exact) mass is 524 g/mol. The van der Waals surface area contributed by atoms with Crippen molar-refractivity contribution in [2.75, 3.05) is 6.61 Å². The minimum atomic E-state index is -1.23. The highest BCUT2D eigenvalue weighted by Crippen LogP contribution is 2.38. The van der Waals surface area contributed by atoms with Gasteiger partial charge in [0.05, 0.1) is 18.6 Å². The molecule has 1 saturated carbocycles. The Morgan fingerprint density at radius 1 is 1.00 bits per heavy atom. The minimum Gasteiger partial charge on any atom is -0.490 e. The first-order chi connectivity index (χ1) is 18.3. The molecule has 0 spiro atoms. The Labute approximate surface area is 220 Å². The number of aliphatic hydroxyl groups is 1. The molecule has 0 heterocycles. The second-order valence-electron chi connectivity index (χ2n) is 9.62. The van der Waals surface area contributed by atoms with E-state index in [0.29, 0.717) is 49.8 Å². The summed E-state index contributed by atoms with van der Waals surface area (Å²) in [5, 5.41) is 9.63. The third-order valence-electron chi connectivity index (χ3n) is 7.03. The Hall–Kier alpha value is -3.58. The van der Waals surface area contributed by atoms with E-state index < -0.39 is 41.2 Å². The molecular formula is C31H31F3O4. The van der Waals surface area contributed by atoms with E-state index in [2.05, 4.69) is 6.58 Å². The third kappa shape index (κ3) is 6.27. The standard InChI is InChI=1S/C31H31F3O4/c1-3-4-17-37-27-15-13-24(18-26(27)32)21-7-11-23(12-8-21)31(36)38-28-16-14-25(29(33)30(28)34)22-9-5-20(6-10-22)19(2)35/h3,5-6,9-10,13-16,18-19,21,23,35H,1,4,7-8,11-12,17H2,2H3. The Balaban J connectivity index is 1.36. The van der Waals surface area contributed by atoms with Crippen LogP contribution >= 0.6 is 0 Å². The second kappa shape index (κ2) is 12.3. The van der Waals surface area contributed by atoms with Gasteiger partial charge in [0.2, 0.25) is 5.82 Å². The maximum Gasteiger partial charge on any atom is 0.314 e. The fourth-order valence-corrected chi connectivity index (χ4v) is 4.77. The quantitative estimate of drug-likeness (QED) is 0.135. The predicted octanol–water partition coefficient (Wildman–Crippen LogP) is 7.66.